The number of nitrogens with zero attached hydrogens (tertiary/aromatic N) is 2. The molecule has 14 amide bonds. The zero-order valence-electron chi connectivity index (χ0n) is 70.6. The van der Waals surface area contributed by atoms with Gasteiger partial charge in [0.25, 0.3) is 0 Å². The smallest absolute Gasteiger partial charge is 0.326 e. The zero-order valence-corrected chi connectivity index (χ0v) is 70.6. The highest BCUT2D eigenvalue weighted by atomic mass is 16.4. The van der Waals surface area contributed by atoms with Crippen molar-refractivity contribution in [3.05, 3.63) is 66.3 Å². The number of aliphatic carboxylic acids is 3. The standard InChI is InChI=1S/C78H126N22O23/c1-40(2)27-53(71(115)96-57(32-47-35-84-39-88-47)74(118)95-54(28-41(3)4)72(116)97-58(33-63(108)109)75(119)99-59(78(122)123)30-45-18-20-48(103)21-19-45)94-69(113)50(16-10-13-25-80)91-73(117)56(31-46-34-83-38-87-46)89-60(104)36-85-66(110)49(15-9-12-24-79)90-68(112)51(17-11-14-26-81)93-77(121)65(44(8)102)100-61(105)37-86-67(111)52(22-23-62(106)107)92-70(114)55(29-42(5)6)98-76(120)64(82)43(7)101/h18-21,34-35,38-44,49-59,64-65,101-103H,9-17,22-33,36-37,79-82H2,1-8H3,(H,83,87)(H,84,88)(H,85,110)(H,86,111)(H,89,104)(H,90,112)(H,91,117)(H,92,114)(H,93,121)(H,94,113)(H,95,118)(H,96,115)(H,97,116)(H,98,120)(H,99,119)(H,100,105)(H,106,107)(H,108,109)(H,122,123)/t43-,44-,49+,50+,51+,52+,53+,54+,55+,56+,57+,58+,59+,64+,65+/m1/s1. The Hall–Kier alpha value is -11.8. The lowest BCUT2D eigenvalue weighted by molar-refractivity contribution is -0.144. The van der Waals surface area contributed by atoms with Crippen LogP contribution in [0, 0.1) is 17.8 Å². The first-order chi connectivity index (χ1) is 58.1. The molecule has 3 aromatic rings. The number of aliphatic hydroxyl groups is 2. The molecule has 1 aromatic carbocycles. The molecule has 0 radical (unpaired) electrons. The zero-order chi connectivity index (χ0) is 92.2. The molecule has 0 unspecified atom stereocenters. The van der Waals surface area contributed by atoms with Crippen LogP contribution in [-0.2, 0) is 101 Å². The van der Waals surface area contributed by atoms with Gasteiger partial charge in [-0.25, -0.2) is 14.8 Å². The molecule has 2 aromatic heterocycles. The van der Waals surface area contributed by atoms with Crippen LogP contribution < -0.4 is 97.4 Å². The Kier molecular flexibility index (Phi) is 47.3. The number of aromatic nitrogens is 4. The highest BCUT2D eigenvalue weighted by Crippen LogP contribution is 2.17. The maximum atomic E-state index is 14.7. The summed E-state index contributed by atoms with van der Waals surface area (Å²) in [7, 11) is 0. The number of nitrogens with one attached hydrogen (secondary N) is 16. The number of hydrogen-bond acceptors (Lipinski definition) is 26. The Labute approximate surface area is 711 Å². The Balaban J connectivity index is 1.87. The number of imidazole rings is 2. The fourth-order valence-electron chi connectivity index (χ4n) is 12.4. The average Bonchev–Trinajstić information content (AvgIpc) is 1.74. The summed E-state index contributed by atoms with van der Waals surface area (Å²) in [6.45, 7) is 11.4. The molecule has 0 fully saturated rings. The quantitative estimate of drug-likeness (QED) is 0.0234. The van der Waals surface area contributed by atoms with E-state index in [1.54, 1.807) is 41.5 Å². The van der Waals surface area contributed by atoms with Gasteiger partial charge in [-0.2, -0.15) is 0 Å². The van der Waals surface area contributed by atoms with Crippen molar-refractivity contribution < 1.29 is 112 Å². The van der Waals surface area contributed by atoms with E-state index in [1.165, 1.54) is 56.2 Å². The molecular formula is C78H126N22O23. The van der Waals surface area contributed by atoms with Gasteiger partial charge >= 0.3 is 17.9 Å². The van der Waals surface area contributed by atoms with Gasteiger partial charge in [-0.1, -0.05) is 53.7 Å². The number of aliphatic hydroxyl groups excluding tert-OH is 2. The number of amides is 14. The second-order valence-electron chi connectivity index (χ2n) is 31.3. The van der Waals surface area contributed by atoms with Crippen LogP contribution in [0.4, 0.5) is 0 Å². The maximum absolute atomic E-state index is 14.7. The minimum absolute atomic E-state index is 0.0196. The van der Waals surface area contributed by atoms with E-state index in [0.717, 1.165) is 6.92 Å². The van der Waals surface area contributed by atoms with Gasteiger partial charge in [-0.3, -0.25) is 76.7 Å². The summed E-state index contributed by atoms with van der Waals surface area (Å²) in [5.74, 6) is -19.3. The highest BCUT2D eigenvalue weighted by Gasteiger charge is 2.39. The molecular weight excluding hydrogens is 1610 g/mol. The van der Waals surface area contributed by atoms with Crippen molar-refractivity contribution >= 4 is 101 Å². The van der Waals surface area contributed by atoms with Gasteiger partial charge in [-0.15, -0.1) is 0 Å². The predicted molar refractivity (Wildman–Crippen MR) is 441 cm³/mol. The maximum Gasteiger partial charge on any atom is 0.326 e. The van der Waals surface area contributed by atoms with Gasteiger partial charge in [0.05, 0.1) is 44.4 Å². The van der Waals surface area contributed by atoms with E-state index in [2.05, 4.69) is 94.4 Å². The molecule has 0 aliphatic carbocycles. The van der Waals surface area contributed by atoms with E-state index in [4.69, 9.17) is 22.9 Å². The summed E-state index contributed by atoms with van der Waals surface area (Å²) >= 11 is 0. The normalized spacial score (nSPS) is 14.9. The molecule has 3 rings (SSSR count). The molecule has 0 aliphatic heterocycles. The van der Waals surface area contributed by atoms with Crippen LogP contribution in [0.25, 0.3) is 0 Å². The summed E-state index contributed by atoms with van der Waals surface area (Å²) in [6, 6.07) is -14.7. The number of nitrogens with two attached hydrogens (primary N) is 4. The number of phenolic OH excluding ortho intramolecular Hbond substituents is 1. The lowest BCUT2D eigenvalue weighted by Gasteiger charge is -2.28. The van der Waals surface area contributed by atoms with Crippen molar-refractivity contribution in [2.45, 2.75) is 262 Å². The first kappa shape index (κ1) is 105. The summed E-state index contributed by atoms with van der Waals surface area (Å²) in [5.41, 5.74) is 24.2. The second kappa shape index (κ2) is 55.3. The van der Waals surface area contributed by atoms with Gasteiger partial charge in [-0.05, 0) is 152 Å². The molecule has 0 bridgehead atoms. The van der Waals surface area contributed by atoms with Gasteiger partial charge < -0.3 is 138 Å². The average molecular weight is 1740 g/mol. The van der Waals surface area contributed by atoms with Crippen molar-refractivity contribution in [2.75, 3.05) is 32.7 Å². The van der Waals surface area contributed by atoms with Crippen LogP contribution in [0.15, 0.2) is 49.3 Å². The SMILES string of the molecule is CC(C)C[C@H](NC(=O)[C@H](Cc1cnc[nH]1)NC(=O)[C@H](CC(C)C)NC(=O)[C@H](CCCCN)NC(=O)[C@H](Cc1cnc[nH]1)NC(=O)CNC(=O)[C@H](CCCCN)NC(=O)[C@H](CCCCN)NC(=O)[C@@H](NC(=O)CNC(=O)[C@H](CCC(=O)O)NC(=O)[C@H](CC(C)C)NC(=O)[C@@H](N)[C@@H](C)O)[C@@H](C)O)C(=O)N[C@@H](CC(=O)O)C(=O)N[C@@H](Cc1ccc(O)cc1)C(=O)O. The molecule has 123 heavy (non-hydrogen) atoms. The minimum Gasteiger partial charge on any atom is -0.508 e. The molecule has 30 N–H and O–H groups in total. The number of carboxylic acid groups (broad SMARTS) is 3. The van der Waals surface area contributed by atoms with Crippen molar-refractivity contribution in [1.29, 1.82) is 0 Å². The number of phenols is 1. The molecule has 686 valence electrons. The van der Waals surface area contributed by atoms with Gasteiger partial charge in [0.15, 0.2) is 0 Å². The first-order valence-electron chi connectivity index (χ1n) is 40.8. The van der Waals surface area contributed by atoms with Gasteiger partial charge in [0.2, 0.25) is 82.7 Å². The molecule has 0 saturated heterocycles. The van der Waals surface area contributed by atoms with E-state index in [0.29, 0.717) is 36.2 Å². The number of H-pyrrole nitrogens is 2. The fraction of sp³-hybridized carbons (Fsp3) is 0.628. The molecule has 45 nitrogen and oxygen atoms in total. The van der Waals surface area contributed by atoms with Gasteiger partial charge in [0, 0.05) is 49.5 Å². The Bertz CT molecular complexity index is 3930. The predicted octanol–water partition coefficient (Wildman–Crippen LogP) is -6.05. The van der Waals surface area contributed by atoms with Crippen molar-refractivity contribution in [3.63, 3.8) is 0 Å². The number of aromatic amines is 2. The van der Waals surface area contributed by atoms with E-state index >= 15 is 0 Å². The summed E-state index contributed by atoms with van der Waals surface area (Å²) < 4.78 is 0. The molecule has 0 spiro atoms. The highest BCUT2D eigenvalue weighted by molar-refractivity contribution is 6.00. The second-order valence-corrected chi connectivity index (χ2v) is 31.3. The van der Waals surface area contributed by atoms with Crippen molar-refractivity contribution in [1.82, 2.24) is 94.4 Å². The first-order valence-corrected chi connectivity index (χ1v) is 40.8. The van der Waals surface area contributed by atoms with Crippen LogP contribution in [0.2, 0.25) is 0 Å². The lowest BCUT2D eigenvalue weighted by Crippen LogP contribution is -2.61. The van der Waals surface area contributed by atoms with E-state index in [1.807, 2.05) is 0 Å². The monoisotopic (exact) mass is 1740 g/mol. The Morgan fingerprint density at radius 2 is 0.715 bits per heavy atom. The third-order valence-electron chi connectivity index (χ3n) is 19.0. The van der Waals surface area contributed by atoms with E-state index in [9.17, 15) is 112 Å². The number of rotatable bonds is 60. The molecule has 0 aliphatic rings. The van der Waals surface area contributed by atoms with Crippen LogP contribution in [-0.4, -0.2) is 275 Å². The third kappa shape index (κ3) is 40.6. The lowest BCUT2D eigenvalue weighted by atomic mass is 9.99. The number of hydrogen-bond donors (Lipinski definition) is 26. The van der Waals surface area contributed by atoms with Crippen molar-refractivity contribution in [3.8, 4) is 5.75 Å². The van der Waals surface area contributed by atoms with Crippen LogP contribution in [0.5, 0.6) is 5.75 Å². The van der Waals surface area contributed by atoms with Gasteiger partial charge in [0.1, 0.15) is 84.3 Å². The number of carbonyl (C=O) groups is 17. The molecule has 0 saturated carbocycles. The van der Waals surface area contributed by atoms with Crippen LogP contribution in [0.3, 0.4) is 0 Å². The van der Waals surface area contributed by atoms with E-state index < -0.39 is 224 Å². The number of carbonyl (C=O) groups excluding carboxylic acids is 14. The summed E-state index contributed by atoms with van der Waals surface area (Å²) in [5, 5.41) is 94.3. The largest absolute Gasteiger partial charge is 0.508 e. The number of benzene rings is 1. The Morgan fingerprint density at radius 3 is 1.09 bits per heavy atom. The van der Waals surface area contributed by atoms with E-state index in [-0.39, 0.29) is 120 Å². The molecule has 45 heteroatoms. The fourth-order valence-corrected chi connectivity index (χ4v) is 12.4. The van der Waals surface area contributed by atoms with Crippen LogP contribution in [0.1, 0.15) is 169 Å². The number of unbranched alkanes of at least 4 members (excludes halogenated alkanes) is 3. The number of carboxylic acids is 3. The minimum atomic E-state index is -1.88. The number of aromatic hydroxyl groups is 1. The third-order valence-corrected chi connectivity index (χ3v) is 19.0. The topological polar surface area (TPSA) is 741 Å². The Morgan fingerprint density at radius 1 is 0.374 bits per heavy atom. The molecule has 2 heterocycles. The van der Waals surface area contributed by atoms with Crippen molar-refractivity contribution in [2.24, 2.45) is 40.7 Å². The van der Waals surface area contributed by atoms with Crippen LogP contribution >= 0.6 is 0 Å². The summed E-state index contributed by atoms with van der Waals surface area (Å²) in [6.07, 6.45) is 0.523. The molecule has 15 atom stereocenters. The summed E-state index contributed by atoms with van der Waals surface area (Å²) in [4.78, 5) is 246.